The second kappa shape index (κ2) is 10.2. The predicted molar refractivity (Wildman–Crippen MR) is 115 cm³/mol. The Morgan fingerprint density at radius 1 is 0.833 bits per heavy atom. The van der Waals surface area contributed by atoms with Crippen LogP contribution < -0.4 is 4.74 Å². The van der Waals surface area contributed by atoms with Gasteiger partial charge >= 0.3 is 0 Å². The van der Waals surface area contributed by atoms with Crippen molar-refractivity contribution in [3.05, 3.63) is 65.7 Å². The van der Waals surface area contributed by atoms with Crippen LogP contribution in [0.2, 0.25) is 0 Å². The zero-order chi connectivity index (χ0) is 20.8. The lowest BCUT2D eigenvalue weighted by atomic mass is 9.89. The number of nitrogens with zero attached hydrogens (tertiary/aromatic N) is 2. The molecule has 2 aromatic carbocycles. The zero-order valence-corrected chi connectivity index (χ0v) is 17.5. The Morgan fingerprint density at radius 3 is 1.97 bits per heavy atom. The van der Waals surface area contributed by atoms with Crippen LogP contribution in [0.5, 0.6) is 5.75 Å². The summed E-state index contributed by atoms with van der Waals surface area (Å²) in [5, 5.41) is 0. The average molecular weight is 411 g/mol. The Hall–Kier alpha value is -2.25. The number of hydrogen-bond acceptors (Lipinski definition) is 6. The van der Waals surface area contributed by atoms with Crippen molar-refractivity contribution in [2.45, 2.75) is 12.1 Å². The average Bonchev–Trinajstić information content (AvgIpc) is 2.84. The number of carbonyl (C=O) groups is 1. The SMILES string of the molecule is COc1ccc(C(=O)[C@H]([C@@H](c2ccccc2)N2CCOCC2)N2CCOCC2)cc1. The first-order valence-corrected chi connectivity index (χ1v) is 10.6. The molecule has 0 unspecified atom stereocenters. The number of Topliss-reactive ketones (excluding diaryl/α,β-unsaturated/α-hetero) is 1. The standard InChI is InChI=1S/C24H30N2O4/c1-28-21-9-7-20(8-10-21)24(27)23(26-13-17-30-18-14-26)22(19-5-3-2-4-6-19)25-11-15-29-16-12-25/h2-10,22-23H,11-18H2,1H3/t22-,23+/m1/s1. The van der Waals surface area contributed by atoms with Crippen LogP contribution in [0.15, 0.2) is 54.6 Å². The number of benzene rings is 2. The fourth-order valence-corrected chi connectivity index (χ4v) is 4.39. The van der Waals surface area contributed by atoms with Gasteiger partial charge in [-0.1, -0.05) is 30.3 Å². The van der Waals surface area contributed by atoms with Gasteiger partial charge in [0.05, 0.1) is 45.6 Å². The predicted octanol–water partition coefficient (Wildman–Crippen LogP) is 2.65. The summed E-state index contributed by atoms with van der Waals surface area (Å²) in [7, 11) is 1.64. The molecule has 2 aliphatic rings. The van der Waals surface area contributed by atoms with E-state index >= 15 is 0 Å². The molecule has 0 aliphatic carbocycles. The summed E-state index contributed by atoms with van der Waals surface area (Å²) in [5.41, 5.74) is 1.87. The van der Waals surface area contributed by atoms with Gasteiger partial charge in [0, 0.05) is 31.7 Å². The van der Waals surface area contributed by atoms with E-state index in [0.717, 1.165) is 37.5 Å². The number of morpholine rings is 2. The van der Waals surface area contributed by atoms with Gasteiger partial charge in [0.2, 0.25) is 0 Å². The molecule has 0 saturated carbocycles. The Labute approximate surface area is 178 Å². The number of hydrogen-bond donors (Lipinski definition) is 0. The number of ether oxygens (including phenoxy) is 3. The molecule has 2 saturated heterocycles. The molecule has 0 aromatic heterocycles. The molecule has 6 nitrogen and oxygen atoms in total. The summed E-state index contributed by atoms with van der Waals surface area (Å²) in [5.74, 6) is 0.891. The topological polar surface area (TPSA) is 51.2 Å². The molecule has 6 heteroatoms. The summed E-state index contributed by atoms with van der Waals surface area (Å²) in [4.78, 5) is 18.6. The van der Waals surface area contributed by atoms with Crippen molar-refractivity contribution in [1.82, 2.24) is 9.80 Å². The lowest BCUT2D eigenvalue weighted by Crippen LogP contribution is -2.55. The number of rotatable bonds is 7. The van der Waals surface area contributed by atoms with Crippen molar-refractivity contribution < 1.29 is 19.0 Å². The minimum absolute atomic E-state index is 0.0391. The van der Waals surface area contributed by atoms with Gasteiger partial charge in [-0.15, -0.1) is 0 Å². The van der Waals surface area contributed by atoms with E-state index in [1.807, 2.05) is 30.3 Å². The largest absolute Gasteiger partial charge is 0.497 e. The molecular weight excluding hydrogens is 380 g/mol. The van der Waals surface area contributed by atoms with Crippen molar-refractivity contribution in [3.8, 4) is 5.75 Å². The van der Waals surface area contributed by atoms with Gasteiger partial charge in [0.15, 0.2) is 5.78 Å². The van der Waals surface area contributed by atoms with Crippen molar-refractivity contribution in [1.29, 1.82) is 0 Å². The normalized spacial score (nSPS) is 20.4. The van der Waals surface area contributed by atoms with Crippen molar-refractivity contribution in [3.63, 3.8) is 0 Å². The molecule has 30 heavy (non-hydrogen) atoms. The second-order valence-corrected chi connectivity index (χ2v) is 7.69. The Kier molecular flexibility index (Phi) is 7.12. The lowest BCUT2D eigenvalue weighted by Gasteiger charge is -2.44. The third-order valence-electron chi connectivity index (χ3n) is 5.96. The van der Waals surface area contributed by atoms with Crippen LogP contribution in [-0.4, -0.2) is 81.3 Å². The summed E-state index contributed by atoms with van der Waals surface area (Å²) >= 11 is 0. The Bertz CT molecular complexity index is 800. The van der Waals surface area contributed by atoms with Crippen molar-refractivity contribution in [2.24, 2.45) is 0 Å². The Morgan fingerprint density at radius 2 is 1.40 bits per heavy atom. The molecular formula is C24H30N2O4. The molecule has 0 N–H and O–H groups in total. The minimum atomic E-state index is -0.289. The maximum atomic E-state index is 13.9. The van der Waals surface area contributed by atoms with E-state index in [2.05, 4.69) is 34.1 Å². The fraction of sp³-hybridized carbons (Fsp3) is 0.458. The third kappa shape index (κ3) is 4.73. The Balaban J connectivity index is 1.73. The number of carbonyl (C=O) groups excluding carboxylic acids is 1. The summed E-state index contributed by atoms with van der Waals surface area (Å²) in [6.07, 6.45) is 0. The molecule has 2 aromatic rings. The quantitative estimate of drug-likeness (QED) is 0.654. The van der Waals surface area contributed by atoms with Crippen LogP contribution in [0.4, 0.5) is 0 Å². The van der Waals surface area contributed by atoms with Crippen LogP contribution in [0.3, 0.4) is 0 Å². The molecule has 2 atom stereocenters. The number of ketones is 1. The lowest BCUT2D eigenvalue weighted by molar-refractivity contribution is -0.0301. The molecule has 2 heterocycles. The van der Waals surface area contributed by atoms with E-state index in [4.69, 9.17) is 14.2 Å². The molecule has 2 aliphatic heterocycles. The van der Waals surface area contributed by atoms with Crippen molar-refractivity contribution >= 4 is 5.78 Å². The summed E-state index contributed by atoms with van der Waals surface area (Å²) < 4.78 is 16.5. The molecule has 4 rings (SSSR count). The third-order valence-corrected chi connectivity index (χ3v) is 5.96. The van der Waals surface area contributed by atoms with Crippen LogP contribution >= 0.6 is 0 Å². The minimum Gasteiger partial charge on any atom is -0.497 e. The summed E-state index contributed by atoms with van der Waals surface area (Å²) in [6.45, 7) is 5.81. The molecule has 160 valence electrons. The molecule has 0 radical (unpaired) electrons. The van der Waals surface area contributed by atoms with Crippen LogP contribution in [0.25, 0.3) is 0 Å². The molecule has 0 bridgehead atoms. The van der Waals surface area contributed by atoms with Gasteiger partial charge in [-0.25, -0.2) is 0 Å². The van der Waals surface area contributed by atoms with Crippen LogP contribution in [0.1, 0.15) is 22.0 Å². The molecule has 0 amide bonds. The smallest absolute Gasteiger partial charge is 0.181 e. The van der Waals surface area contributed by atoms with Gasteiger partial charge in [-0.3, -0.25) is 14.6 Å². The highest BCUT2D eigenvalue weighted by atomic mass is 16.5. The fourth-order valence-electron chi connectivity index (χ4n) is 4.39. The highest BCUT2D eigenvalue weighted by Crippen LogP contribution is 2.31. The van der Waals surface area contributed by atoms with Gasteiger partial charge in [0.25, 0.3) is 0 Å². The van der Waals surface area contributed by atoms with E-state index in [-0.39, 0.29) is 17.9 Å². The molecule has 2 fully saturated rings. The highest BCUT2D eigenvalue weighted by molar-refractivity contribution is 6.00. The van der Waals surface area contributed by atoms with Gasteiger partial charge in [0.1, 0.15) is 5.75 Å². The van der Waals surface area contributed by atoms with Gasteiger partial charge < -0.3 is 14.2 Å². The van der Waals surface area contributed by atoms with Crippen LogP contribution in [-0.2, 0) is 9.47 Å². The van der Waals surface area contributed by atoms with E-state index in [0.29, 0.717) is 32.0 Å². The van der Waals surface area contributed by atoms with Gasteiger partial charge in [-0.05, 0) is 29.8 Å². The van der Waals surface area contributed by atoms with E-state index in [9.17, 15) is 4.79 Å². The maximum absolute atomic E-state index is 13.9. The van der Waals surface area contributed by atoms with Gasteiger partial charge in [-0.2, -0.15) is 0 Å². The zero-order valence-electron chi connectivity index (χ0n) is 17.5. The maximum Gasteiger partial charge on any atom is 0.181 e. The monoisotopic (exact) mass is 410 g/mol. The second-order valence-electron chi connectivity index (χ2n) is 7.69. The molecule has 0 spiro atoms. The summed E-state index contributed by atoms with van der Waals surface area (Å²) in [6, 6.07) is 17.5. The van der Waals surface area contributed by atoms with Crippen molar-refractivity contribution in [2.75, 3.05) is 59.7 Å². The first-order chi connectivity index (χ1) is 14.8. The van der Waals surface area contributed by atoms with E-state index in [1.54, 1.807) is 7.11 Å². The first-order valence-electron chi connectivity index (χ1n) is 10.6. The van der Waals surface area contributed by atoms with Crippen LogP contribution in [0, 0.1) is 0 Å². The number of methoxy groups -OCH3 is 1. The van der Waals surface area contributed by atoms with E-state index in [1.165, 1.54) is 0 Å². The highest BCUT2D eigenvalue weighted by Gasteiger charge is 2.39. The first kappa shape index (κ1) is 21.0. The van der Waals surface area contributed by atoms with E-state index < -0.39 is 0 Å².